The fraction of sp³-hybridized carbons (Fsp3) is 0.923. The Labute approximate surface area is 112 Å². The van der Waals surface area contributed by atoms with E-state index in [1.807, 2.05) is 13.8 Å². The minimum absolute atomic E-state index is 0.335. The monoisotopic (exact) mass is 280 g/mol. The lowest BCUT2D eigenvalue weighted by molar-refractivity contribution is -0.167. The van der Waals surface area contributed by atoms with E-state index in [0.29, 0.717) is 25.8 Å². The van der Waals surface area contributed by atoms with Gasteiger partial charge in [0.15, 0.2) is 0 Å². The lowest BCUT2D eigenvalue weighted by Crippen LogP contribution is -2.54. The minimum atomic E-state index is -4.34. The first-order valence-electron chi connectivity index (χ1n) is 6.99. The molecule has 3 nitrogen and oxygen atoms in total. The zero-order valence-corrected chi connectivity index (χ0v) is 11.6. The van der Waals surface area contributed by atoms with E-state index in [1.165, 1.54) is 0 Å². The molecule has 1 aliphatic rings. The SMILES string of the molecule is CCC(CC)N(CC(F)(F)F)C(=O)[C@@H]1CCCCN1. The Morgan fingerprint density at radius 1 is 1.32 bits per heavy atom. The highest BCUT2D eigenvalue weighted by Gasteiger charge is 2.38. The molecule has 1 aliphatic heterocycles. The molecule has 1 N–H and O–H groups in total. The number of hydrogen-bond acceptors (Lipinski definition) is 2. The summed E-state index contributed by atoms with van der Waals surface area (Å²) in [7, 11) is 0. The highest BCUT2D eigenvalue weighted by molar-refractivity contribution is 5.82. The molecule has 19 heavy (non-hydrogen) atoms. The van der Waals surface area contributed by atoms with Gasteiger partial charge in [-0.25, -0.2) is 0 Å². The summed E-state index contributed by atoms with van der Waals surface area (Å²) in [5.41, 5.74) is 0. The summed E-state index contributed by atoms with van der Waals surface area (Å²) in [5, 5.41) is 3.03. The van der Waals surface area contributed by atoms with Crippen molar-refractivity contribution in [1.82, 2.24) is 10.2 Å². The third-order valence-electron chi connectivity index (χ3n) is 3.62. The summed E-state index contributed by atoms with van der Waals surface area (Å²) < 4.78 is 38.0. The quantitative estimate of drug-likeness (QED) is 0.840. The number of rotatable bonds is 5. The first-order valence-corrected chi connectivity index (χ1v) is 6.99. The summed E-state index contributed by atoms with van der Waals surface area (Å²) in [6.07, 6.45) is -0.740. The number of nitrogens with one attached hydrogen (secondary N) is 1. The van der Waals surface area contributed by atoms with Crippen LogP contribution in [0.4, 0.5) is 13.2 Å². The van der Waals surface area contributed by atoms with Crippen LogP contribution in [0.3, 0.4) is 0 Å². The topological polar surface area (TPSA) is 32.3 Å². The molecule has 0 aromatic rings. The average molecular weight is 280 g/mol. The zero-order valence-electron chi connectivity index (χ0n) is 11.6. The number of nitrogens with zero attached hydrogens (tertiary/aromatic N) is 1. The van der Waals surface area contributed by atoms with Crippen molar-refractivity contribution in [2.45, 2.75) is 64.2 Å². The number of carbonyl (C=O) groups excluding carboxylic acids is 1. The van der Waals surface area contributed by atoms with E-state index in [2.05, 4.69) is 5.32 Å². The van der Waals surface area contributed by atoms with Gasteiger partial charge in [0.2, 0.25) is 5.91 Å². The Kier molecular flexibility index (Phi) is 6.10. The summed E-state index contributed by atoms with van der Waals surface area (Å²) >= 11 is 0. The van der Waals surface area contributed by atoms with Crippen molar-refractivity contribution in [2.75, 3.05) is 13.1 Å². The number of halogens is 3. The number of alkyl halides is 3. The molecule has 0 aromatic carbocycles. The molecule has 1 heterocycles. The van der Waals surface area contributed by atoms with E-state index >= 15 is 0 Å². The van der Waals surface area contributed by atoms with Crippen LogP contribution in [-0.4, -0.2) is 42.2 Å². The predicted molar refractivity (Wildman–Crippen MR) is 67.8 cm³/mol. The average Bonchev–Trinajstić information content (AvgIpc) is 2.38. The Morgan fingerprint density at radius 2 is 1.95 bits per heavy atom. The standard InChI is InChI=1S/C13H23F3N2O/c1-3-10(4-2)18(9-13(14,15)16)12(19)11-7-5-6-8-17-11/h10-11,17H,3-9H2,1-2H3/t11-/m0/s1. The molecule has 0 spiro atoms. The van der Waals surface area contributed by atoms with Crippen LogP contribution in [0.15, 0.2) is 0 Å². The van der Waals surface area contributed by atoms with Gasteiger partial charge in [-0.1, -0.05) is 20.3 Å². The number of amides is 1. The van der Waals surface area contributed by atoms with Crippen LogP contribution in [0.5, 0.6) is 0 Å². The minimum Gasteiger partial charge on any atom is -0.329 e. The molecule has 1 saturated heterocycles. The summed E-state index contributed by atoms with van der Waals surface area (Å²) in [4.78, 5) is 13.3. The molecule has 1 rings (SSSR count). The molecular weight excluding hydrogens is 257 g/mol. The molecule has 112 valence electrons. The molecule has 1 atom stereocenters. The normalized spacial score (nSPS) is 20.6. The Balaban J connectivity index is 2.78. The van der Waals surface area contributed by atoms with Gasteiger partial charge in [-0.05, 0) is 32.2 Å². The number of piperidine rings is 1. The third kappa shape index (κ3) is 5.01. The van der Waals surface area contributed by atoms with Crippen LogP contribution in [0.25, 0.3) is 0 Å². The van der Waals surface area contributed by atoms with Gasteiger partial charge in [-0.2, -0.15) is 13.2 Å². The van der Waals surface area contributed by atoms with E-state index < -0.39 is 24.7 Å². The summed E-state index contributed by atoms with van der Waals surface area (Å²) in [6, 6.07) is -0.783. The maximum atomic E-state index is 12.7. The molecule has 0 bridgehead atoms. The second kappa shape index (κ2) is 7.12. The van der Waals surface area contributed by atoms with Gasteiger partial charge in [0.25, 0.3) is 0 Å². The lowest BCUT2D eigenvalue weighted by atomic mass is 10.0. The maximum absolute atomic E-state index is 12.7. The molecule has 1 amide bonds. The van der Waals surface area contributed by atoms with Crippen molar-refractivity contribution in [3.05, 3.63) is 0 Å². The van der Waals surface area contributed by atoms with E-state index in [0.717, 1.165) is 17.7 Å². The number of hydrogen-bond donors (Lipinski definition) is 1. The van der Waals surface area contributed by atoms with E-state index in [4.69, 9.17) is 0 Å². The van der Waals surface area contributed by atoms with Crippen molar-refractivity contribution in [3.63, 3.8) is 0 Å². The second-order valence-electron chi connectivity index (χ2n) is 5.05. The van der Waals surface area contributed by atoms with Gasteiger partial charge in [0.1, 0.15) is 6.54 Å². The first-order chi connectivity index (χ1) is 8.89. The van der Waals surface area contributed by atoms with E-state index in [1.54, 1.807) is 0 Å². The van der Waals surface area contributed by atoms with Crippen molar-refractivity contribution < 1.29 is 18.0 Å². The summed E-state index contributed by atoms with van der Waals surface area (Å²) in [5.74, 6) is -0.397. The van der Waals surface area contributed by atoms with Gasteiger partial charge in [0, 0.05) is 6.04 Å². The molecule has 0 radical (unpaired) electrons. The predicted octanol–water partition coefficient (Wildman–Crippen LogP) is 2.71. The van der Waals surface area contributed by atoms with Crippen LogP contribution < -0.4 is 5.32 Å². The first kappa shape index (κ1) is 16.3. The van der Waals surface area contributed by atoms with Crippen molar-refractivity contribution >= 4 is 5.91 Å². The fourth-order valence-electron chi connectivity index (χ4n) is 2.57. The van der Waals surface area contributed by atoms with Crippen LogP contribution in [-0.2, 0) is 4.79 Å². The second-order valence-corrected chi connectivity index (χ2v) is 5.05. The Bertz CT molecular complexity index is 284. The van der Waals surface area contributed by atoms with Crippen molar-refractivity contribution in [3.8, 4) is 0 Å². The fourth-order valence-corrected chi connectivity index (χ4v) is 2.57. The van der Waals surface area contributed by atoms with Crippen LogP contribution in [0.1, 0.15) is 46.0 Å². The van der Waals surface area contributed by atoms with Crippen molar-refractivity contribution in [2.24, 2.45) is 0 Å². The zero-order chi connectivity index (χ0) is 14.5. The third-order valence-corrected chi connectivity index (χ3v) is 3.62. The molecule has 0 aliphatic carbocycles. The Hall–Kier alpha value is -0.780. The molecule has 0 saturated carbocycles. The molecule has 0 unspecified atom stereocenters. The van der Waals surface area contributed by atoms with Crippen LogP contribution >= 0.6 is 0 Å². The van der Waals surface area contributed by atoms with Gasteiger partial charge in [-0.3, -0.25) is 4.79 Å². The smallest absolute Gasteiger partial charge is 0.329 e. The van der Waals surface area contributed by atoms with Crippen molar-refractivity contribution in [1.29, 1.82) is 0 Å². The Morgan fingerprint density at radius 3 is 2.37 bits per heavy atom. The highest BCUT2D eigenvalue weighted by Crippen LogP contribution is 2.22. The molecule has 1 fully saturated rings. The largest absolute Gasteiger partial charge is 0.406 e. The van der Waals surface area contributed by atoms with Gasteiger partial charge >= 0.3 is 6.18 Å². The maximum Gasteiger partial charge on any atom is 0.406 e. The van der Waals surface area contributed by atoms with Crippen LogP contribution in [0.2, 0.25) is 0 Å². The van der Waals surface area contributed by atoms with E-state index in [9.17, 15) is 18.0 Å². The lowest BCUT2D eigenvalue weighted by Gasteiger charge is -2.35. The number of carbonyl (C=O) groups is 1. The van der Waals surface area contributed by atoms with E-state index in [-0.39, 0.29) is 6.04 Å². The highest BCUT2D eigenvalue weighted by atomic mass is 19.4. The van der Waals surface area contributed by atoms with Crippen LogP contribution in [0, 0.1) is 0 Å². The van der Waals surface area contributed by atoms with Gasteiger partial charge in [0.05, 0.1) is 6.04 Å². The van der Waals surface area contributed by atoms with Gasteiger partial charge in [-0.15, -0.1) is 0 Å². The molecule has 0 aromatic heterocycles. The van der Waals surface area contributed by atoms with Gasteiger partial charge < -0.3 is 10.2 Å². The molecular formula is C13H23F3N2O. The molecule has 6 heteroatoms. The summed E-state index contributed by atoms with van der Waals surface area (Å²) in [6.45, 7) is 3.20.